The molecule has 0 amide bonds. The molecule has 1 fully saturated rings. The van der Waals surface area contributed by atoms with Crippen LogP contribution in [0.2, 0.25) is 0 Å². The lowest BCUT2D eigenvalue weighted by atomic mass is 10.0. The van der Waals surface area contributed by atoms with Gasteiger partial charge in [-0.3, -0.25) is 0 Å². The van der Waals surface area contributed by atoms with Crippen molar-refractivity contribution < 1.29 is 9.53 Å². The lowest BCUT2D eigenvalue weighted by Crippen LogP contribution is -2.15. The average molecular weight is 235 g/mol. The van der Waals surface area contributed by atoms with Crippen LogP contribution in [0.5, 0.6) is 0 Å². The second-order valence-corrected chi connectivity index (χ2v) is 4.49. The van der Waals surface area contributed by atoms with E-state index in [2.05, 4.69) is 26.9 Å². The summed E-state index contributed by atoms with van der Waals surface area (Å²) in [7, 11) is 1.33. The van der Waals surface area contributed by atoms with E-state index >= 15 is 0 Å². The Balaban J connectivity index is 1.92. The number of hydrogen-bond acceptors (Lipinski definition) is 5. The summed E-state index contributed by atoms with van der Waals surface area (Å²) in [5.74, 6) is 0.244. The van der Waals surface area contributed by atoms with Gasteiger partial charge in [0.1, 0.15) is 5.82 Å². The zero-order valence-corrected chi connectivity index (χ0v) is 10.2. The summed E-state index contributed by atoms with van der Waals surface area (Å²) in [6.07, 6.45) is 6.75. The molecule has 0 aromatic carbocycles. The van der Waals surface area contributed by atoms with Crippen molar-refractivity contribution in [2.24, 2.45) is 5.41 Å². The molecule has 0 aliphatic heterocycles. The fraction of sp³-hybridized carbons (Fsp3) is 0.583. The normalized spacial score (nSPS) is 16.4. The second kappa shape index (κ2) is 4.69. The minimum Gasteiger partial charge on any atom is -0.464 e. The number of rotatable bonds is 5. The predicted molar refractivity (Wildman–Crippen MR) is 63.8 cm³/mol. The smallest absolute Gasteiger partial charge is 0.358 e. The van der Waals surface area contributed by atoms with Crippen molar-refractivity contribution in [3.8, 4) is 0 Å². The van der Waals surface area contributed by atoms with Gasteiger partial charge >= 0.3 is 5.97 Å². The summed E-state index contributed by atoms with van der Waals surface area (Å²) in [4.78, 5) is 19.3. The fourth-order valence-corrected chi connectivity index (χ4v) is 1.74. The zero-order valence-electron chi connectivity index (χ0n) is 10.2. The number of ether oxygens (including phenoxy) is 1. The van der Waals surface area contributed by atoms with Gasteiger partial charge in [-0.05, 0) is 24.7 Å². The summed E-state index contributed by atoms with van der Waals surface area (Å²) < 4.78 is 4.56. The molecule has 0 bridgehead atoms. The van der Waals surface area contributed by atoms with E-state index in [1.54, 1.807) is 6.20 Å². The van der Waals surface area contributed by atoms with Gasteiger partial charge in [-0.25, -0.2) is 14.8 Å². The molecule has 0 radical (unpaired) electrons. The number of methoxy groups -OCH3 is 1. The third kappa shape index (κ3) is 2.72. The standard InChI is InChI=1S/C12H17N3O2/c1-3-12(4-5-12)8-15-10-7-13-9(6-14-10)11(16)17-2/h6-7H,3-5,8H2,1-2H3,(H,14,15). The highest BCUT2D eigenvalue weighted by Crippen LogP contribution is 2.48. The molecule has 1 N–H and O–H groups in total. The van der Waals surface area contributed by atoms with Gasteiger partial charge in [-0.1, -0.05) is 6.92 Å². The lowest BCUT2D eigenvalue weighted by molar-refractivity contribution is 0.0593. The van der Waals surface area contributed by atoms with Crippen molar-refractivity contribution in [3.05, 3.63) is 18.1 Å². The summed E-state index contributed by atoms with van der Waals surface area (Å²) in [5.41, 5.74) is 0.692. The summed E-state index contributed by atoms with van der Waals surface area (Å²) in [6, 6.07) is 0. The molecule has 1 aliphatic rings. The largest absolute Gasteiger partial charge is 0.464 e. The highest BCUT2D eigenvalue weighted by atomic mass is 16.5. The first-order valence-corrected chi connectivity index (χ1v) is 5.83. The van der Waals surface area contributed by atoms with Crippen LogP contribution in [0.3, 0.4) is 0 Å². The van der Waals surface area contributed by atoms with Gasteiger partial charge in [-0.2, -0.15) is 0 Å². The van der Waals surface area contributed by atoms with Crippen molar-refractivity contribution in [1.82, 2.24) is 9.97 Å². The molecule has 1 aromatic rings. The summed E-state index contributed by atoms with van der Waals surface area (Å²) >= 11 is 0. The molecule has 0 unspecified atom stereocenters. The topological polar surface area (TPSA) is 64.1 Å². The Labute approximate surface area is 101 Å². The zero-order chi connectivity index (χ0) is 12.3. The molecule has 1 aromatic heterocycles. The Morgan fingerprint density at radius 3 is 2.71 bits per heavy atom. The molecular formula is C12H17N3O2. The number of anilines is 1. The van der Waals surface area contributed by atoms with Crippen LogP contribution in [0, 0.1) is 5.41 Å². The van der Waals surface area contributed by atoms with Gasteiger partial charge in [0.2, 0.25) is 0 Å². The van der Waals surface area contributed by atoms with Crippen molar-refractivity contribution in [2.45, 2.75) is 26.2 Å². The van der Waals surface area contributed by atoms with Gasteiger partial charge in [0.15, 0.2) is 5.69 Å². The Hall–Kier alpha value is -1.65. The molecule has 0 saturated heterocycles. The summed E-state index contributed by atoms with van der Waals surface area (Å²) in [5, 5.41) is 3.26. The quantitative estimate of drug-likeness (QED) is 0.789. The Kier molecular flexibility index (Phi) is 3.26. The minimum atomic E-state index is -0.462. The second-order valence-electron chi connectivity index (χ2n) is 4.49. The van der Waals surface area contributed by atoms with E-state index in [9.17, 15) is 4.79 Å². The number of aromatic nitrogens is 2. The molecule has 0 atom stereocenters. The van der Waals surface area contributed by atoms with Crippen LogP contribution in [0.15, 0.2) is 12.4 Å². The first-order valence-electron chi connectivity index (χ1n) is 5.83. The van der Waals surface area contributed by atoms with Gasteiger partial charge in [0.25, 0.3) is 0 Å². The predicted octanol–water partition coefficient (Wildman–Crippen LogP) is 1.87. The fourth-order valence-electron chi connectivity index (χ4n) is 1.74. The van der Waals surface area contributed by atoms with E-state index in [0.717, 1.165) is 6.54 Å². The number of carbonyl (C=O) groups is 1. The van der Waals surface area contributed by atoms with Crippen LogP contribution in [-0.4, -0.2) is 29.6 Å². The van der Waals surface area contributed by atoms with Gasteiger partial charge in [-0.15, -0.1) is 0 Å². The number of hydrogen-bond donors (Lipinski definition) is 1. The Morgan fingerprint density at radius 2 is 2.24 bits per heavy atom. The van der Waals surface area contributed by atoms with E-state index in [1.165, 1.54) is 32.6 Å². The lowest BCUT2D eigenvalue weighted by Gasteiger charge is -2.13. The van der Waals surface area contributed by atoms with Crippen LogP contribution in [0.1, 0.15) is 36.7 Å². The molecule has 17 heavy (non-hydrogen) atoms. The van der Waals surface area contributed by atoms with Crippen LogP contribution in [0.4, 0.5) is 5.82 Å². The highest BCUT2D eigenvalue weighted by molar-refractivity contribution is 5.86. The Morgan fingerprint density at radius 1 is 1.47 bits per heavy atom. The maximum Gasteiger partial charge on any atom is 0.358 e. The van der Waals surface area contributed by atoms with Gasteiger partial charge < -0.3 is 10.1 Å². The third-order valence-corrected chi connectivity index (χ3v) is 3.40. The van der Waals surface area contributed by atoms with E-state index in [0.29, 0.717) is 11.2 Å². The Bertz CT molecular complexity index is 399. The molecule has 1 aliphatic carbocycles. The van der Waals surface area contributed by atoms with Crippen molar-refractivity contribution in [1.29, 1.82) is 0 Å². The van der Waals surface area contributed by atoms with Crippen molar-refractivity contribution in [3.63, 3.8) is 0 Å². The van der Waals surface area contributed by atoms with Crippen molar-refractivity contribution >= 4 is 11.8 Å². The molecule has 0 spiro atoms. The number of nitrogens with zero attached hydrogens (tertiary/aromatic N) is 2. The molecule has 92 valence electrons. The van der Waals surface area contributed by atoms with Crippen molar-refractivity contribution in [2.75, 3.05) is 19.0 Å². The third-order valence-electron chi connectivity index (χ3n) is 3.40. The summed E-state index contributed by atoms with van der Waals surface area (Å²) in [6.45, 7) is 3.14. The molecule has 1 heterocycles. The van der Waals surface area contributed by atoms with E-state index in [1.807, 2.05) is 0 Å². The minimum absolute atomic E-state index is 0.231. The first-order chi connectivity index (χ1) is 8.19. The molecular weight excluding hydrogens is 218 g/mol. The number of carbonyl (C=O) groups excluding carboxylic acids is 1. The van der Waals surface area contributed by atoms with Crippen LogP contribution < -0.4 is 5.32 Å². The average Bonchev–Trinajstić information content (AvgIpc) is 3.17. The van der Waals surface area contributed by atoms with Gasteiger partial charge in [0.05, 0.1) is 19.5 Å². The maximum atomic E-state index is 11.2. The molecule has 2 rings (SSSR count). The van der Waals surface area contributed by atoms with Crippen LogP contribution in [-0.2, 0) is 4.74 Å². The van der Waals surface area contributed by atoms with E-state index < -0.39 is 5.97 Å². The monoisotopic (exact) mass is 235 g/mol. The van der Waals surface area contributed by atoms with Crippen LogP contribution in [0.25, 0.3) is 0 Å². The molecule has 5 nitrogen and oxygen atoms in total. The van der Waals surface area contributed by atoms with Gasteiger partial charge in [0, 0.05) is 6.54 Å². The SMILES string of the molecule is CCC1(CNc2cnc(C(=O)OC)cn2)CC1. The van der Waals surface area contributed by atoms with Crippen LogP contribution >= 0.6 is 0 Å². The molecule has 1 saturated carbocycles. The molecule has 5 heteroatoms. The first kappa shape index (κ1) is 11.8. The maximum absolute atomic E-state index is 11.2. The van der Waals surface area contributed by atoms with E-state index in [-0.39, 0.29) is 5.69 Å². The number of esters is 1. The number of nitrogens with one attached hydrogen (secondary N) is 1. The highest BCUT2D eigenvalue weighted by Gasteiger charge is 2.40. The van der Waals surface area contributed by atoms with E-state index in [4.69, 9.17) is 0 Å².